The lowest BCUT2D eigenvalue weighted by molar-refractivity contribution is -0.112. The molecule has 0 unspecified atom stereocenters. The molecule has 0 bridgehead atoms. The van der Waals surface area contributed by atoms with E-state index in [2.05, 4.69) is 9.98 Å². The fourth-order valence-corrected chi connectivity index (χ4v) is 0.760. The molecule has 1 heterocycles. The van der Waals surface area contributed by atoms with E-state index in [1.165, 1.54) is 0 Å². The lowest BCUT2D eigenvalue weighted by Gasteiger charge is -1.96. The Morgan fingerprint density at radius 3 is 2.77 bits per heavy atom. The van der Waals surface area contributed by atoms with Gasteiger partial charge in [-0.05, 0) is 24.6 Å². The number of pyridine rings is 1. The summed E-state index contributed by atoms with van der Waals surface area (Å²) in [5.41, 5.74) is 11.1. The van der Waals surface area contributed by atoms with Crippen molar-refractivity contribution in [3.63, 3.8) is 0 Å². The average molecular weight is 178 g/mol. The molecular formula is C8H10N4O. The van der Waals surface area contributed by atoms with E-state index < -0.39 is 5.91 Å². The minimum atomic E-state index is -0.747. The summed E-state index contributed by atoms with van der Waals surface area (Å²) in [6, 6.07) is 3.52. The Labute approximate surface area is 75.5 Å². The second kappa shape index (κ2) is 3.66. The number of primary amides is 1. The number of amides is 1. The van der Waals surface area contributed by atoms with Gasteiger partial charge in [-0.1, -0.05) is 0 Å². The number of hydrogen-bond donors (Lipinski definition) is 2. The Balaban J connectivity index is 2.97. The summed E-state index contributed by atoms with van der Waals surface area (Å²) in [5.74, 6) is -0.599. The van der Waals surface area contributed by atoms with Crippen LogP contribution in [0.1, 0.15) is 5.56 Å². The van der Waals surface area contributed by atoms with Gasteiger partial charge in [0.2, 0.25) is 0 Å². The van der Waals surface area contributed by atoms with Crippen molar-refractivity contribution in [3.05, 3.63) is 23.9 Å². The van der Waals surface area contributed by atoms with Crippen molar-refractivity contribution < 1.29 is 4.79 Å². The molecule has 0 aliphatic carbocycles. The van der Waals surface area contributed by atoms with Crippen molar-refractivity contribution in [3.8, 4) is 0 Å². The quantitative estimate of drug-likeness (QED) is 0.463. The van der Waals surface area contributed by atoms with E-state index >= 15 is 0 Å². The van der Waals surface area contributed by atoms with Crippen LogP contribution < -0.4 is 11.5 Å². The Hall–Kier alpha value is -1.91. The zero-order chi connectivity index (χ0) is 9.84. The molecule has 1 aromatic rings. The first kappa shape index (κ1) is 9.18. The molecular weight excluding hydrogens is 168 g/mol. The molecule has 0 aliphatic heterocycles. The standard InChI is InChI=1S/C8H10N4O/c1-5-2-3-11-6(4-5)12-7(9)8(10)13/h2-4H,1H3,(H2,10,13)(H2,9,11,12). The highest BCUT2D eigenvalue weighted by atomic mass is 16.1. The second-order valence-electron chi connectivity index (χ2n) is 2.55. The van der Waals surface area contributed by atoms with Crippen LogP contribution in [0.2, 0.25) is 0 Å². The van der Waals surface area contributed by atoms with Crippen LogP contribution in [0.4, 0.5) is 5.82 Å². The van der Waals surface area contributed by atoms with Crippen LogP contribution in [0.3, 0.4) is 0 Å². The van der Waals surface area contributed by atoms with Gasteiger partial charge in [-0.15, -0.1) is 0 Å². The minimum Gasteiger partial charge on any atom is -0.379 e. The van der Waals surface area contributed by atoms with Crippen molar-refractivity contribution in [1.82, 2.24) is 4.98 Å². The smallest absolute Gasteiger partial charge is 0.284 e. The van der Waals surface area contributed by atoms with Gasteiger partial charge < -0.3 is 11.5 Å². The third-order valence-corrected chi connectivity index (χ3v) is 1.39. The Morgan fingerprint density at radius 2 is 2.23 bits per heavy atom. The Morgan fingerprint density at radius 1 is 1.54 bits per heavy atom. The van der Waals surface area contributed by atoms with Crippen LogP contribution >= 0.6 is 0 Å². The van der Waals surface area contributed by atoms with Crippen molar-refractivity contribution in [2.24, 2.45) is 16.5 Å². The van der Waals surface area contributed by atoms with Gasteiger partial charge >= 0.3 is 0 Å². The molecule has 1 amide bonds. The summed E-state index contributed by atoms with van der Waals surface area (Å²) in [7, 11) is 0. The molecule has 13 heavy (non-hydrogen) atoms. The molecule has 68 valence electrons. The fraction of sp³-hybridized carbons (Fsp3) is 0.125. The van der Waals surface area contributed by atoms with Crippen LogP contribution in [0.5, 0.6) is 0 Å². The molecule has 0 saturated heterocycles. The second-order valence-corrected chi connectivity index (χ2v) is 2.55. The van der Waals surface area contributed by atoms with Gasteiger partial charge in [-0.25, -0.2) is 9.98 Å². The molecule has 0 saturated carbocycles. The molecule has 4 N–H and O–H groups in total. The summed E-state index contributed by atoms with van der Waals surface area (Å²) in [6.07, 6.45) is 1.59. The summed E-state index contributed by atoms with van der Waals surface area (Å²) in [4.78, 5) is 18.1. The number of hydrogen-bond acceptors (Lipinski definition) is 3. The van der Waals surface area contributed by atoms with Gasteiger partial charge in [0.25, 0.3) is 5.91 Å². The largest absolute Gasteiger partial charge is 0.379 e. The van der Waals surface area contributed by atoms with Gasteiger partial charge in [0.15, 0.2) is 11.7 Å². The number of carbonyl (C=O) groups is 1. The lowest BCUT2D eigenvalue weighted by atomic mass is 10.3. The highest BCUT2D eigenvalue weighted by molar-refractivity contribution is 6.37. The molecule has 0 spiro atoms. The lowest BCUT2D eigenvalue weighted by Crippen LogP contribution is -2.30. The maximum absolute atomic E-state index is 10.5. The first-order chi connectivity index (χ1) is 6.09. The van der Waals surface area contributed by atoms with Gasteiger partial charge in [0.05, 0.1) is 0 Å². The first-order valence-corrected chi connectivity index (χ1v) is 3.66. The molecule has 5 nitrogen and oxygen atoms in total. The molecule has 0 fully saturated rings. The van der Waals surface area contributed by atoms with E-state index in [0.29, 0.717) is 5.82 Å². The molecule has 0 aliphatic rings. The third-order valence-electron chi connectivity index (χ3n) is 1.39. The maximum Gasteiger partial charge on any atom is 0.284 e. The van der Waals surface area contributed by atoms with Crippen LogP contribution in [0, 0.1) is 6.92 Å². The highest BCUT2D eigenvalue weighted by Crippen LogP contribution is 2.08. The summed E-state index contributed by atoms with van der Waals surface area (Å²) >= 11 is 0. The number of aromatic nitrogens is 1. The number of aryl methyl sites for hydroxylation is 1. The first-order valence-electron chi connectivity index (χ1n) is 3.66. The van der Waals surface area contributed by atoms with Crippen molar-refractivity contribution >= 4 is 17.6 Å². The van der Waals surface area contributed by atoms with E-state index in [9.17, 15) is 4.79 Å². The van der Waals surface area contributed by atoms with Crippen LogP contribution in [-0.2, 0) is 4.79 Å². The summed E-state index contributed by atoms with van der Waals surface area (Å²) in [6.45, 7) is 1.89. The van der Waals surface area contributed by atoms with E-state index in [0.717, 1.165) is 5.56 Å². The van der Waals surface area contributed by atoms with Gasteiger partial charge in [-0.2, -0.15) is 0 Å². The number of carbonyl (C=O) groups excluding carboxylic acids is 1. The predicted octanol–water partition coefficient (Wildman–Crippen LogP) is -0.136. The predicted molar refractivity (Wildman–Crippen MR) is 49.5 cm³/mol. The Bertz CT molecular complexity index is 359. The van der Waals surface area contributed by atoms with Gasteiger partial charge in [0, 0.05) is 6.20 Å². The highest BCUT2D eigenvalue weighted by Gasteiger charge is 2.00. The number of nitrogens with two attached hydrogens (primary N) is 2. The van der Waals surface area contributed by atoms with Crippen LogP contribution in [0.25, 0.3) is 0 Å². The molecule has 0 aromatic carbocycles. The van der Waals surface area contributed by atoms with Gasteiger partial charge in [0.1, 0.15) is 0 Å². The van der Waals surface area contributed by atoms with Crippen molar-refractivity contribution in [2.75, 3.05) is 0 Å². The average Bonchev–Trinajstić information content (AvgIpc) is 2.04. The van der Waals surface area contributed by atoms with E-state index in [1.54, 1.807) is 12.3 Å². The van der Waals surface area contributed by atoms with Crippen molar-refractivity contribution in [2.45, 2.75) is 6.92 Å². The topological polar surface area (TPSA) is 94.4 Å². The maximum atomic E-state index is 10.5. The number of rotatable bonds is 1. The number of amidine groups is 1. The fourth-order valence-electron chi connectivity index (χ4n) is 0.760. The Kier molecular flexibility index (Phi) is 2.59. The number of nitrogens with zero attached hydrogens (tertiary/aromatic N) is 2. The van der Waals surface area contributed by atoms with Gasteiger partial charge in [-0.3, -0.25) is 4.79 Å². The SMILES string of the molecule is Cc1ccnc(N=C(N)C(N)=O)c1. The molecule has 0 atom stereocenters. The zero-order valence-electron chi connectivity index (χ0n) is 7.19. The molecule has 1 rings (SSSR count). The minimum absolute atomic E-state index is 0.238. The third kappa shape index (κ3) is 2.55. The van der Waals surface area contributed by atoms with Crippen molar-refractivity contribution in [1.29, 1.82) is 0 Å². The molecule has 0 radical (unpaired) electrons. The monoisotopic (exact) mass is 178 g/mol. The zero-order valence-corrected chi connectivity index (χ0v) is 7.19. The van der Waals surface area contributed by atoms with E-state index in [4.69, 9.17) is 11.5 Å². The summed E-state index contributed by atoms with van der Waals surface area (Å²) in [5, 5.41) is 0. The normalized spacial score (nSPS) is 11.3. The molecule has 5 heteroatoms. The van der Waals surface area contributed by atoms with Crippen LogP contribution in [0.15, 0.2) is 23.3 Å². The van der Waals surface area contributed by atoms with E-state index in [-0.39, 0.29) is 5.84 Å². The van der Waals surface area contributed by atoms with Crippen LogP contribution in [-0.4, -0.2) is 16.7 Å². The number of aliphatic imine (C=N–C) groups is 1. The molecule has 1 aromatic heterocycles. The summed E-state index contributed by atoms with van der Waals surface area (Å²) < 4.78 is 0. The van der Waals surface area contributed by atoms with E-state index in [1.807, 2.05) is 13.0 Å².